The molecular weight excluding hydrogens is 160 g/mol. The summed E-state index contributed by atoms with van der Waals surface area (Å²) >= 11 is 1.51. The molecular formula is C7H10N2OS. The predicted molar refractivity (Wildman–Crippen MR) is 46.7 cm³/mol. The zero-order chi connectivity index (χ0) is 8.27. The van der Waals surface area contributed by atoms with Crippen LogP contribution in [-0.4, -0.2) is 12.5 Å². The first-order chi connectivity index (χ1) is 5.24. The lowest BCUT2D eigenvalue weighted by atomic mass is 10.3. The van der Waals surface area contributed by atoms with E-state index < -0.39 is 0 Å². The molecule has 3 nitrogen and oxygen atoms in total. The molecule has 4 heteroatoms. The quantitative estimate of drug-likeness (QED) is 0.694. The summed E-state index contributed by atoms with van der Waals surface area (Å²) in [6, 6.07) is 1.96. The molecule has 0 saturated heterocycles. The number of amides is 1. The Morgan fingerprint density at radius 2 is 2.55 bits per heavy atom. The van der Waals surface area contributed by atoms with Crippen molar-refractivity contribution in [3.8, 4) is 0 Å². The van der Waals surface area contributed by atoms with Gasteiger partial charge in [0.1, 0.15) is 0 Å². The molecule has 1 aromatic heterocycles. The highest BCUT2D eigenvalue weighted by molar-refractivity contribution is 7.14. The van der Waals surface area contributed by atoms with Crippen LogP contribution >= 0.6 is 11.3 Å². The average molecular weight is 170 g/mol. The molecule has 1 amide bonds. The first-order valence-electron chi connectivity index (χ1n) is 3.28. The molecule has 11 heavy (non-hydrogen) atoms. The Hall–Kier alpha value is -0.870. The van der Waals surface area contributed by atoms with Gasteiger partial charge in [0, 0.05) is 0 Å². The van der Waals surface area contributed by atoms with Gasteiger partial charge in [0.25, 0.3) is 0 Å². The van der Waals surface area contributed by atoms with Gasteiger partial charge in [-0.15, -0.1) is 11.3 Å². The second-order valence-electron chi connectivity index (χ2n) is 2.19. The van der Waals surface area contributed by atoms with Crippen molar-refractivity contribution in [3.05, 3.63) is 17.0 Å². The number of anilines is 1. The first kappa shape index (κ1) is 8.23. The minimum Gasteiger partial charge on any atom is -0.322 e. The number of hydrogen-bond donors (Lipinski definition) is 2. The van der Waals surface area contributed by atoms with Crippen LogP contribution in [0.4, 0.5) is 5.00 Å². The molecule has 0 aliphatic carbocycles. The van der Waals surface area contributed by atoms with E-state index >= 15 is 0 Å². The molecule has 0 spiro atoms. The van der Waals surface area contributed by atoms with Crippen molar-refractivity contribution < 1.29 is 4.79 Å². The zero-order valence-electron chi connectivity index (χ0n) is 6.26. The molecule has 0 aromatic carbocycles. The van der Waals surface area contributed by atoms with E-state index in [2.05, 4.69) is 5.32 Å². The summed E-state index contributed by atoms with van der Waals surface area (Å²) in [6.45, 7) is 1.99. The van der Waals surface area contributed by atoms with Crippen LogP contribution in [0.3, 0.4) is 0 Å². The van der Waals surface area contributed by atoms with Crippen molar-refractivity contribution in [3.63, 3.8) is 0 Å². The van der Waals surface area contributed by atoms with Gasteiger partial charge in [-0.05, 0) is 23.9 Å². The molecule has 0 fully saturated rings. The lowest BCUT2D eigenvalue weighted by molar-refractivity contribution is -0.114. The van der Waals surface area contributed by atoms with E-state index in [0.717, 1.165) is 10.6 Å². The number of carbonyl (C=O) groups is 1. The minimum atomic E-state index is -0.143. The standard InChI is InChI=1S/C7H10N2OS/c1-5-2-3-11-7(5)9-6(10)4-8/h2-3H,4,8H2,1H3,(H,9,10). The molecule has 0 unspecified atom stereocenters. The lowest BCUT2D eigenvalue weighted by Gasteiger charge is -1.99. The number of aryl methyl sites for hydroxylation is 1. The van der Waals surface area contributed by atoms with Gasteiger partial charge in [-0.25, -0.2) is 0 Å². The van der Waals surface area contributed by atoms with E-state index in [1.807, 2.05) is 18.4 Å². The Bertz CT molecular complexity index is 257. The fourth-order valence-corrected chi connectivity index (χ4v) is 1.51. The molecule has 1 rings (SSSR count). The fourth-order valence-electron chi connectivity index (χ4n) is 0.678. The smallest absolute Gasteiger partial charge is 0.238 e. The van der Waals surface area contributed by atoms with Crippen molar-refractivity contribution in [2.24, 2.45) is 5.73 Å². The average Bonchev–Trinajstić information content (AvgIpc) is 2.37. The van der Waals surface area contributed by atoms with Crippen LogP contribution in [0.25, 0.3) is 0 Å². The van der Waals surface area contributed by atoms with Gasteiger partial charge < -0.3 is 11.1 Å². The van der Waals surface area contributed by atoms with Crippen LogP contribution in [0.15, 0.2) is 11.4 Å². The van der Waals surface area contributed by atoms with E-state index in [1.54, 1.807) is 0 Å². The highest BCUT2D eigenvalue weighted by Gasteiger charge is 2.02. The van der Waals surface area contributed by atoms with Crippen molar-refractivity contribution in [2.75, 3.05) is 11.9 Å². The predicted octanol–water partition coefficient (Wildman–Crippen LogP) is 0.954. The molecule has 3 N–H and O–H groups in total. The van der Waals surface area contributed by atoms with E-state index in [9.17, 15) is 4.79 Å². The minimum absolute atomic E-state index is 0.0390. The Kier molecular flexibility index (Phi) is 2.62. The summed E-state index contributed by atoms with van der Waals surface area (Å²) in [7, 11) is 0. The monoisotopic (exact) mass is 170 g/mol. The number of nitrogens with two attached hydrogens (primary N) is 1. The van der Waals surface area contributed by atoms with Crippen molar-refractivity contribution in [1.29, 1.82) is 0 Å². The number of carbonyl (C=O) groups excluding carboxylic acids is 1. The van der Waals surface area contributed by atoms with Crippen molar-refractivity contribution in [2.45, 2.75) is 6.92 Å². The highest BCUT2D eigenvalue weighted by atomic mass is 32.1. The van der Waals surface area contributed by atoms with Crippen LogP contribution in [0.5, 0.6) is 0 Å². The van der Waals surface area contributed by atoms with E-state index in [-0.39, 0.29) is 12.5 Å². The maximum absolute atomic E-state index is 10.8. The van der Waals surface area contributed by atoms with E-state index in [1.165, 1.54) is 11.3 Å². The number of rotatable bonds is 2. The third kappa shape index (κ3) is 2.03. The highest BCUT2D eigenvalue weighted by Crippen LogP contribution is 2.21. The van der Waals surface area contributed by atoms with Crippen molar-refractivity contribution >= 4 is 22.2 Å². The topological polar surface area (TPSA) is 55.1 Å². The van der Waals surface area contributed by atoms with E-state index in [0.29, 0.717) is 0 Å². The molecule has 0 saturated carbocycles. The summed E-state index contributed by atoms with van der Waals surface area (Å²) in [5.74, 6) is -0.143. The van der Waals surface area contributed by atoms with Crippen LogP contribution in [0, 0.1) is 6.92 Å². The molecule has 60 valence electrons. The van der Waals surface area contributed by atoms with Crippen LogP contribution < -0.4 is 11.1 Å². The largest absolute Gasteiger partial charge is 0.322 e. The second-order valence-corrected chi connectivity index (χ2v) is 3.10. The third-order valence-electron chi connectivity index (χ3n) is 1.30. The van der Waals surface area contributed by atoms with Gasteiger partial charge in [-0.2, -0.15) is 0 Å². The van der Waals surface area contributed by atoms with Gasteiger partial charge in [0.15, 0.2) is 0 Å². The third-order valence-corrected chi connectivity index (χ3v) is 2.23. The Morgan fingerprint density at radius 3 is 3.00 bits per heavy atom. The second kappa shape index (κ2) is 3.50. The van der Waals surface area contributed by atoms with Gasteiger partial charge in [-0.3, -0.25) is 4.79 Å². The van der Waals surface area contributed by atoms with Crippen LogP contribution in [0.1, 0.15) is 5.56 Å². The maximum atomic E-state index is 10.8. The summed E-state index contributed by atoms with van der Waals surface area (Å²) in [5.41, 5.74) is 6.21. The molecule has 0 atom stereocenters. The SMILES string of the molecule is Cc1ccsc1NC(=O)CN. The molecule has 0 aliphatic rings. The van der Waals surface area contributed by atoms with Crippen molar-refractivity contribution in [1.82, 2.24) is 0 Å². The first-order valence-corrected chi connectivity index (χ1v) is 4.16. The van der Waals surface area contributed by atoms with E-state index in [4.69, 9.17) is 5.73 Å². The summed E-state index contributed by atoms with van der Waals surface area (Å²) < 4.78 is 0. The maximum Gasteiger partial charge on any atom is 0.238 e. The summed E-state index contributed by atoms with van der Waals surface area (Å²) in [5, 5.41) is 5.52. The summed E-state index contributed by atoms with van der Waals surface area (Å²) in [6.07, 6.45) is 0. The molecule has 0 aliphatic heterocycles. The fraction of sp³-hybridized carbons (Fsp3) is 0.286. The van der Waals surface area contributed by atoms with Gasteiger partial charge in [-0.1, -0.05) is 0 Å². The number of nitrogens with one attached hydrogen (secondary N) is 1. The normalized spacial score (nSPS) is 9.64. The number of hydrogen-bond acceptors (Lipinski definition) is 3. The molecule has 0 bridgehead atoms. The van der Waals surface area contributed by atoms with Crippen LogP contribution in [0.2, 0.25) is 0 Å². The number of thiophene rings is 1. The van der Waals surface area contributed by atoms with Gasteiger partial charge >= 0.3 is 0 Å². The zero-order valence-corrected chi connectivity index (χ0v) is 7.07. The lowest BCUT2D eigenvalue weighted by Crippen LogP contribution is -2.21. The van der Waals surface area contributed by atoms with Crippen LogP contribution in [-0.2, 0) is 4.79 Å². The van der Waals surface area contributed by atoms with Gasteiger partial charge in [0.2, 0.25) is 5.91 Å². The Balaban J connectivity index is 2.64. The molecule has 1 aromatic rings. The molecule has 0 radical (unpaired) electrons. The van der Waals surface area contributed by atoms with Gasteiger partial charge in [0.05, 0.1) is 11.5 Å². The Labute approximate surface area is 69.2 Å². The summed E-state index contributed by atoms with van der Waals surface area (Å²) in [4.78, 5) is 10.8. The molecule has 1 heterocycles. The Morgan fingerprint density at radius 1 is 1.82 bits per heavy atom.